The molecule has 0 aromatic carbocycles. The van der Waals surface area contributed by atoms with Crippen molar-refractivity contribution in [2.45, 2.75) is 45.1 Å². The van der Waals surface area contributed by atoms with E-state index in [-0.39, 0.29) is 5.54 Å². The molecule has 88 valence electrons. The topological polar surface area (TPSA) is 63.8 Å². The van der Waals surface area contributed by atoms with E-state index in [2.05, 4.69) is 29.1 Å². The van der Waals surface area contributed by atoms with Crippen molar-refractivity contribution >= 4 is 5.82 Å². The second-order valence-electron chi connectivity index (χ2n) is 5.02. The highest BCUT2D eigenvalue weighted by Crippen LogP contribution is 2.37. The third kappa shape index (κ3) is 2.32. The summed E-state index contributed by atoms with van der Waals surface area (Å²) in [6, 6.07) is 1.99. The zero-order valence-corrected chi connectivity index (χ0v) is 10.2. The van der Waals surface area contributed by atoms with Gasteiger partial charge in [-0.25, -0.2) is 9.97 Å². The number of anilines is 1. The molecule has 3 N–H and O–H groups in total. The molecule has 1 aliphatic carbocycles. The quantitative estimate of drug-likeness (QED) is 0.812. The first-order valence-corrected chi connectivity index (χ1v) is 5.88. The minimum Gasteiger partial charge on any atom is -0.363 e. The van der Waals surface area contributed by atoms with Gasteiger partial charge in [0.05, 0.1) is 5.54 Å². The lowest BCUT2D eigenvalue weighted by Crippen LogP contribution is -2.31. The van der Waals surface area contributed by atoms with E-state index >= 15 is 0 Å². The maximum absolute atomic E-state index is 5.75. The van der Waals surface area contributed by atoms with Gasteiger partial charge in [0.25, 0.3) is 0 Å². The first kappa shape index (κ1) is 11.3. The first-order valence-electron chi connectivity index (χ1n) is 5.88. The molecule has 1 aliphatic rings. The van der Waals surface area contributed by atoms with Gasteiger partial charge >= 0.3 is 0 Å². The number of nitrogens with one attached hydrogen (secondary N) is 1. The van der Waals surface area contributed by atoms with E-state index in [0.29, 0.717) is 12.5 Å². The second kappa shape index (κ2) is 4.01. The molecule has 1 fully saturated rings. The van der Waals surface area contributed by atoms with Crippen LogP contribution in [0.3, 0.4) is 0 Å². The molecule has 1 saturated carbocycles. The smallest absolute Gasteiger partial charge is 0.133 e. The molecule has 0 spiro atoms. The van der Waals surface area contributed by atoms with Gasteiger partial charge < -0.3 is 11.1 Å². The van der Waals surface area contributed by atoms with Crippen LogP contribution in [0.15, 0.2) is 6.07 Å². The molecule has 0 radical (unpaired) electrons. The molecule has 1 aromatic heterocycles. The van der Waals surface area contributed by atoms with Crippen molar-refractivity contribution in [1.29, 1.82) is 0 Å². The normalized spacial score (nSPS) is 17.6. The summed E-state index contributed by atoms with van der Waals surface area (Å²) in [6.07, 6.45) is 2.28. The largest absolute Gasteiger partial charge is 0.363 e. The monoisotopic (exact) mass is 220 g/mol. The second-order valence-corrected chi connectivity index (χ2v) is 5.02. The molecule has 0 unspecified atom stereocenters. The summed E-state index contributed by atoms with van der Waals surface area (Å²) in [6.45, 7) is 6.89. The van der Waals surface area contributed by atoms with Gasteiger partial charge in [-0.1, -0.05) is 13.8 Å². The van der Waals surface area contributed by atoms with Crippen LogP contribution in [0.4, 0.5) is 5.82 Å². The minimum absolute atomic E-state index is 0.106. The van der Waals surface area contributed by atoms with Crippen LogP contribution in [0.25, 0.3) is 0 Å². The van der Waals surface area contributed by atoms with E-state index in [1.165, 1.54) is 0 Å². The maximum atomic E-state index is 5.75. The van der Waals surface area contributed by atoms with Gasteiger partial charge in [-0.15, -0.1) is 0 Å². The summed E-state index contributed by atoms with van der Waals surface area (Å²) in [4.78, 5) is 8.96. The van der Waals surface area contributed by atoms with Crippen LogP contribution in [0.2, 0.25) is 0 Å². The number of rotatable bonds is 4. The Labute approximate surface area is 96.7 Å². The summed E-state index contributed by atoms with van der Waals surface area (Å²) in [5.41, 5.74) is 6.86. The van der Waals surface area contributed by atoms with Crippen LogP contribution in [0.5, 0.6) is 0 Å². The molecule has 4 nitrogen and oxygen atoms in total. The van der Waals surface area contributed by atoms with Crippen LogP contribution < -0.4 is 11.1 Å². The SMILES string of the molecule is Cc1cc(NC2(CN)CC2)nc(C(C)C)n1. The Hall–Kier alpha value is -1.16. The van der Waals surface area contributed by atoms with Gasteiger partial charge in [0, 0.05) is 24.2 Å². The van der Waals surface area contributed by atoms with Gasteiger partial charge in [0.15, 0.2) is 0 Å². The molecule has 0 bridgehead atoms. The van der Waals surface area contributed by atoms with E-state index in [0.717, 1.165) is 30.2 Å². The molecule has 1 aromatic rings. The van der Waals surface area contributed by atoms with E-state index in [4.69, 9.17) is 5.73 Å². The number of aryl methyl sites for hydroxylation is 1. The molecule has 1 heterocycles. The number of nitrogens with zero attached hydrogens (tertiary/aromatic N) is 2. The molecule has 4 heteroatoms. The zero-order chi connectivity index (χ0) is 11.8. The highest BCUT2D eigenvalue weighted by molar-refractivity contribution is 5.42. The lowest BCUT2D eigenvalue weighted by atomic mass is 10.2. The van der Waals surface area contributed by atoms with E-state index in [1.807, 2.05) is 13.0 Å². The van der Waals surface area contributed by atoms with Crippen molar-refractivity contribution in [2.75, 3.05) is 11.9 Å². The predicted molar refractivity (Wildman–Crippen MR) is 65.5 cm³/mol. The van der Waals surface area contributed by atoms with Crippen LogP contribution in [0, 0.1) is 6.92 Å². The Balaban J connectivity index is 2.21. The van der Waals surface area contributed by atoms with E-state index in [9.17, 15) is 0 Å². The third-order valence-corrected chi connectivity index (χ3v) is 3.03. The average molecular weight is 220 g/mol. The molecule has 0 amide bonds. The summed E-state index contributed by atoms with van der Waals surface area (Å²) >= 11 is 0. The number of aromatic nitrogens is 2. The maximum Gasteiger partial charge on any atom is 0.133 e. The Morgan fingerprint density at radius 3 is 2.62 bits per heavy atom. The Morgan fingerprint density at radius 1 is 1.44 bits per heavy atom. The van der Waals surface area contributed by atoms with Crippen molar-refractivity contribution in [3.8, 4) is 0 Å². The summed E-state index contributed by atoms with van der Waals surface area (Å²) in [5, 5.41) is 3.44. The fourth-order valence-corrected chi connectivity index (χ4v) is 1.72. The molecule has 0 atom stereocenters. The van der Waals surface area contributed by atoms with Crippen molar-refractivity contribution in [3.05, 3.63) is 17.6 Å². The van der Waals surface area contributed by atoms with E-state index in [1.54, 1.807) is 0 Å². The van der Waals surface area contributed by atoms with Crippen molar-refractivity contribution < 1.29 is 0 Å². The van der Waals surface area contributed by atoms with Crippen molar-refractivity contribution in [1.82, 2.24) is 9.97 Å². The summed E-state index contributed by atoms with van der Waals surface area (Å²) in [5.74, 6) is 2.17. The number of hydrogen-bond acceptors (Lipinski definition) is 4. The summed E-state index contributed by atoms with van der Waals surface area (Å²) < 4.78 is 0. The molecule has 0 saturated heterocycles. The van der Waals surface area contributed by atoms with Gasteiger partial charge in [0.1, 0.15) is 11.6 Å². The van der Waals surface area contributed by atoms with Gasteiger partial charge in [-0.3, -0.25) is 0 Å². The fraction of sp³-hybridized carbons (Fsp3) is 0.667. The van der Waals surface area contributed by atoms with Crippen LogP contribution >= 0.6 is 0 Å². The number of nitrogens with two attached hydrogens (primary N) is 1. The van der Waals surface area contributed by atoms with Gasteiger partial charge in [-0.05, 0) is 19.8 Å². The highest BCUT2D eigenvalue weighted by Gasteiger charge is 2.41. The molecule has 0 aliphatic heterocycles. The van der Waals surface area contributed by atoms with Crippen LogP contribution in [-0.4, -0.2) is 22.1 Å². The number of hydrogen-bond donors (Lipinski definition) is 2. The molecular formula is C12H20N4. The third-order valence-electron chi connectivity index (χ3n) is 3.03. The standard InChI is InChI=1S/C12H20N4/c1-8(2)11-14-9(3)6-10(15-11)16-12(7-13)4-5-12/h6,8H,4-5,7,13H2,1-3H3,(H,14,15,16). The summed E-state index contributed by atoms with van der Waals surface area (Å²) in [7, 11) is 0. The first-order chi connectivity index (χ1) is 7.54. The van der Waals surface area contributed by atoms with Gasteiger partial charge in [0.2, 0.25) is 0 Å². The van der Waals surface area contributed by atoms with E-state index < -0.39 is 0 Å². The lowest BCUT2D eigenvalue weighted by molar-refractivity contribution is 0.722. The molecular weight excluding hydrogens is 200 g/mol. The molecule has 16 heavy (non-hydrogen) atoms. The van der Waals surface area contributed by atoms with Crippen LogP contribution in [0.1, 0.15) is 44.1 Å². The highest BCUT2D eigenvalue weighted by atomic mass is 15.1. The minimum atomic E-state index is 0.106. The Morgan fingerprint density at radius 2 is 2.12 bits per heavy atom. The Kier molecular flexibility index (Phi) is 2.84. The lowest BCUT2D eigenvalue weighted by Gasteiger charge is -2.17. The average Bonchev–Trinajstić information content (AvgIpc) is 2.97. The predicted octanol–water partition coefficient (Wildman–Crippen LogP) is 1.81. The van der Waals surface area contributed by atoms with Gasteiger partial charge in [-0.2, -0.15) is 0 Å². The fourth-order valence-electron chi connectivity index (χ4n) is 1.72. The zero-order valence-electron chi connectivity index (χ0n) is 10.2. The molecule has 2 rings (SSSR count). The van der Waals surface area contributed by atoms with Crippen LogP contribution in [-0.2, 0) is 0 Å². The van der Waals surface area contributed by atoms with Crippen molar-refractivity contribution in [2.24, 2.45) is 5.73 Å². The van der Waals surface area contributed by atoms with Crippen molar-refractivity contribution in [3.63, 3.8) is 0 Å². The Bertz CT molecular complexity index is 383.